The van der Waals surface area contributed by atoms with Gasteiger partial charge in [0.25, 0.3) is 0 Å². The topological polar surface area (TPSA) is 9.23 Å². The fourth-order valence-corrected chi connectivity index (χ4v) is 3.87. The van der Waals surface area contributed by atoms with Crippen molar-refractivity contribution in [2.75, 3.05) is 11.9 Å². The van der Waals surface area contributed by atoms with Crippen LogP contribution in [0.2, 0.25) is 5.02 Å². The van der Waals surface area contributed by atoms with Gasteiger partial charge in [-0.2, -0.15) is 0 Å². The van der Waals surface area contributed by atoms with Crippen LogP contribution in [-0.4, -0.2) is 11.9 Å². The van der Waals surface area contributed by atoms with Gasteiger partial charge in [0.15, 0.2) is 0 Å². The first-order valence-electron chi connectivity index (χ1n) is 6.64. The van der Waals surface area contributed by atoms with Crippen molar-refractivity contribution in [1.29, 1.82) is 0 Å². The van der Waals surface area contributed by atoms with Crippen LogP contribution in [0.25, 0.3) is 0 Å². The molecule has 0 saturated carbocycles. The van der Waals surface area contributed by atoms with Crippen molar-refractivity contribution in [2.45, 2.75) is 39.5 Å². The number of benzene rings is 1. The lowest BCUT2D eigenvalue weighted by Crippen LogP contribution is -2.24. The minimum Gasteiger partial charge on any atom is -0.493 e. The monoisotopic (exact) mass is 330 g/mol. The third-order valence-electron chi connectivity index (χ3n) is 4.17. The number of fused-ring (bicyclic) bond motifs is 1. The lowest BCUT2D eigenvalue weighted by Gasteiger charge is -2.30. The smallest absolute Gasteiger partial charge is 0.125 e. The molecule has 0 atom stereocenters. The van der Waals surface area contributed by atoms with Gasteiger partial charge in [0.2, 0.25) is 0 Å². The van der Waals surface area contributed by atoms with Crippen LogP contribution in [0.15, 0.2) is 12.1 Å². The zero-order valence-corrected chi connectivity index (χ0v) is 13.4. The van der Waals surface area contributed by atoms with Gasteiger partial charge in [0.1, 0.15) is 5.75 Å². The molecule has 100 valence electrons. The molecule has 1 aromatic rings. The van der Waals surface area contributed by atoms with Gasteiger partial charge < -0.3 is 4.74 Å². The summed E-state index contributed by atoms with van der Waals surface area (Å²) in [4.78, 5) is 0. The number of hydrogen-bond acceptors (Lipinski definition) is 1. The fraction of sp³-hybridized carbons (Fsp3) is 0.600. The first-order chi connectivity index (χ1) is 8.64. The first kappa shape index (κ1) is 14.2. The highest BCUT2D eigenvalue weighted by molar-refractivity contribution is 9.09. The van der Waals surface area contributed by atoms with Crippen molar-refractivity contribution in [3.8, 4) is 5.75 Å². The van der Waals surface area contributed by atoms with Crippen molar-refractivity contribution in [3.05, 3.63) is 28.3 Å². The van der Waals surface area contributed by atoms with Crippen LogP contribution in [0, 0.1) is 5.41 Å². The highest BCUT2D eigenvalue weighted by atomic mass is 79.9. The molecule has 0 radical (unpaired) electrons. The van der Waals surface area contributed by atoms with Crippen molar-refractivity contribution < 1.29 is 4.74 Å². The van der Waals surface area contributed by atoms with Crippen molar-refractivity contribution in [2.24, 2.45) is 5.41 Å². The van der Waals surface area contributed by atoms with E-state index in [-0.39, 0.29) is 0 Å². The molecule has 18 heavy (non-hydrogen) atoms. The van der Waals surface area contributed by atoms with Crippen LogP contribution in [0.3, 0.4) is 0 Å². The summed E-state index contributed by atoms with van der Waals surface area (Å²) in [6, 6.07) is 4.12. The molecule has 0 amide bonds. The summed E-state index contributed by atoms with van der Waals surface area (Å²) in [6.45, 7) is 5.31. The van der Waals surface area contributed by atoms with Gasteiger partial charge in [0, 0.05) is 16.8 Å². The van der Waals surface area contributed by atoms with Crippen LogP contribution < -0.4 is 4.74 Å². The quantitative estimate of drug-likeness (QED) is 0.688. The zero-order valence-electron chi connectivity index (χ0n) is 11.1. The molecule has 1 heterocycles. The van der Waals surface area contributed by atoms with E-state index in [1.807, 2.05) is 6.07 Å². The second-order valence-corrected chi connectivity index (χ2v) is 6.17. The predicted octanol–water partition coefficient (Wildman–Crippen LogP) is 5.02. The van der Waals surface area contributed by atoms with Gasteiger partial charge in [-0.25, -0.2) is 0 Å². The largest absolute Gasteiger partial charge is 0.493 e. The van der Waals surface area contributed by atoms with Crippen molar-refractivity contribution in [1.82, 2.24) is 0 Å². The van der Waals surface area contributed by atoms with Gasteiger partial charge in [-0.3, -0.25) is 0 Å². The van der Waals surface area contributed by atoms with E-state index in [1.165, 1.54) is 11.1 Å². The Morgan fingerprint density at radius 3 is 2.67 bits per heavy atom. The Labute approximate surface area is 123 Å². The molecule has 0 N–H and O–H groups in total. The Morgan fingerprint density at radius 2 is 2.06 bits per heavy atom. The second-order valence-electron chi connectivity index (χ2n) is 5.17. The minimum absolute atomic E-state index is 0.310. The third kappa shape index (κ3) is 2.70. The maximum atomic E-state index is 6.22. The molecule has 0 bridgehead atoms. The molecule has 1 aromatic carbocycles. The van der Waals surface area contributed by atoms with Gasteiger partial charge in [-0.1, -0.05) is 41.4 Å². The summed E-state index contributed by atoms with van der Waals surface area (Å²) in [5.41, 5.74) is 2.86. The maximum Gasteiger partial charge on any atom is 0.125 e. The molecule has 0 aromatic heterocycles. The molecule has 0 spiro atoms. The van der Waals surface area contributed by atoms with Crippen LogP contribution >= 0.6 is 27.5 Å². The third-order valence-corrected chi connectivity index (χ3v) is 5.58. The van der Waals surface area contributed by atoms with E-state index in [9.17, 15) is 0 Å². The average Bonchev–Trinajstić information content (AvgIpc) is 2.84. The van der Waals surface area contributed by atoms with Crippen LogP contribution in [0.4, 0.5) is 0 Å². The van der Waals surface area contributed by atoms with Crippen LogP contribution in [-0.2, 0) is 12.8 Å². The molecular formula is C15H20BrClO. The number of rotatable bonds is 5. The van der Waals surface area contributed by atoms with Gasteiger partial charge >= 0.3 is 0 Å². The van der Waals surface area contributed by atoms with E-state index in [1.54, 1.807) is 0 Å². The van der Waals surface area contributed by atoms with E-state index in [0.717, 1.165) is 48.4 Å². The molecule has 2 rings (SSSR count). The Kier molecular flexibility index (Phi) is 4.60. The summed E-state index contributed by atoms with van der Waals surface area (Å²) in [7, 11) is 0. The molecule has 1 aliphatic heterocycles. The molecule has 0 aliphatic carbocycles. The van der Waals surface area contributed by atoms with E-state index in [2.05, 4.69) is 35.8 Å². The predicted molar refractivity (Wildman–Crippen MR) is 81.2 cm³/mol. The second kappa shape index (κ2) is 5.83. The first-order valence-corrected chi connectivity index (χ1v) is 8.14. The summed E-state index contributed by atoms with van der Waals surface area (Å²) in [5.74, 6) is 1.09. The molecule has 0 saturated heterocycles. The Hall–Kier alpha value is -0.210. The lowest BCUT2D eigenvalue weighted by molar-refractivity contribution is 0.297. The molecule has 3 heteroatoms. The summed E-state index contributed by atoms with van der Waals surface area (Å²) < 4.78 is 5.79. The Morgan fingerprint density at radius 1 is 1.33 bits per heavy atom. The van der Waals surface area contributed by atoms with Gasteiger partial charge in [-0.15, -0.1) is 0 Å². The minimum atomic E-state index is 0.310. The number of hydrogen-bond donors (Lipinski definition) is 0. The van der Waals surface area contributed by atoms with E-state index in [4.69, 9.17) is 16.3 Å². The normalized spacial score (nSPS) is 14.4. The number of alkyl halides is 1. The highest BCUT2D eigenvalue weighted by Gasteiger charge is 2.28. The number of ether oxygens (including phenoxy) is 1. The molecule has 0 unspecified atom stereocenters. The maximum absolute atomic E-state index is 6.22. The Balaban J connectivity index is 2.34. The molecular weight excluding hydrogens is 312 g/mol. The summed E-state index contributed by atoms with van der Waals surface area (Å²) in [6.07, 6.45) is 4.35. The standard InChI is InChI=1S/C15H20BrClO/c1-3-15(4-2,10-16)9-12-8-13(17)7-11-5-6-18-14(11)12/h7-8H,3-6,9-10H2,1-2H3. The molecule has 1 nitrogen and oxygen atoms in total. The lowest BCUT2D eigenvalue weighted by atomic mass is 9.78. The van der Waals surface area contributed by atoms with Gasteiger partial charge in [-0.05, 0) is 47.9 Å². The van der Waals surface area contributed by atoms with E-state index < -0.39 is 0 Å². The SMILES string of the molecule is CCC(CC)(CBr)Cc1cc(Cl)cc2c1OCC2. The highest BCUT2D eigenvalue weighted by Crippen LogP contribution is 2.40. The average molecular weight is 332 g/mol. The van der Waals surface area contributed by atoms with E-state index >= 15 is 0 Å². The number of halogens is 2. The Bertz CT molecular complexity index is 418. The zero-order chi connectivity index (χ0) is 13.2. The fourth-order valence-electron chi connectivity index (χ4n) is 2.62. The molecule has 1 aliphatic rings. The van der Waals surface area contributed by atoms with Crippen LogP contribution in [0.1, 0.15) is 37.8 Å². The van der Waals surface area contributed by atoms with Crippen molar-refractivity contribution >= 4 is 27.5 Å². The summed E-state index contributed by atoms with van der Waals surface area (Å²) >= 11 is 9.90. The van der Waals surface area contributed by atoms with Crippen LogP contribution in [0.5, 0.6) is 5.75 Å². The van der Waals surface area contributed by atoms with E-state index in [0.29, 0.717) is 5.41 Å². The summed E-state index contributed by atoms with van der Waals surface area (Å²) in [5, 5.41) is 1.86. The van der Waals surface area contributed by atoms with Crippen molar-refractivity contribution in [3.63, 3.8) is 0 Å². The van der Waals surface area contributed by atoms with Gasteiger partial charge in [0.05, 0.1) is 6.61 Å². The molecule has 0 fully saturated rings.